The number of nitrogens with zero attached hydrogens (tertiary/aromatic N) is 1. The van der Waals surface area contributed by atoms with Crippen molar-refractivity contribution in [1.29, 1.82) is 0 Å². The molecule has 1 aromatic heterocycles. The number of hydrogen-bond acceptors (Lipinski definition) is 3. The molecule has 1 unspecified atom stereocenters. The van der Waals surface area contributed by atoms with Crippen molar-refractivity contribution in [2.75, 3.05) is 6.61 Å². The van der Waals surface area contributed by atoms with Crippen molar-refractivity contribution < 1.29 is 4.74 Å². The summed E-state index contributed by atoms with van der Waals surface area (Å²) in [6, 6.07) is 7.75. The molecular formula is C14H13BrN2O3. The average Bonchev–Trinajstić information content (AvgIpc) is 2.48. The normalized spacial score (nSPS) is 17.4. The van der Waals surface area contributed by atoms with Gasteiger partial charge in [0.2, 0.25) is 0 Å². The fourth-order valence-electron chi connectivity index (χ4n) is 2.48. The van der Waals surface area contributed by atoms with Crippen molar-refractivity contribution in [3.63, 3.8) is 0 Å². The molecule has 0 saturated carbocycles. The van der Waals surface area contributed by atoms with Crippen LogP contribution in [0.1, 0.15) is 17.9 Å². The summed E-state index contributed by atoms with van der Waals surface area (Å²) in [7, 11) is 0. The van der Waals surface area contributed by atoms with E-state index in [0.29, 0.717) is 17.6 Å². The number of para-hydroxylation sites is 1. The Hall–Kier alpha value is -1.82. The summed E-state index contributed by atoms with van der Waals surface area (Å²) in [6.07, 6.45) is 2.16. The van der Waals surface area contributed by atoms with Gasteiger partial charge in [-0.1, -0.05) is 18.2 Å². The lowest BCUT2D eigenvalue weighted by atomic mass is 9.93. The maximum absolute atomic E-state index is 12.0. The molecule has 0 bridgehead atoms. The van der Waals surface area contributed by atoms with E-state index >= 15 is 0 Å². The highest BCUT2D eigenvalue weighted by Gasteiger charge is 2.22. The van der Waals surface area contributed by atoms with Crippen LogP contribution < -0.4 is 16.0 Å². The highest BCUT2D eigenvalue weighted by molar-refractivity contribution is 9.10. The molecule has 20 heavy (non-hydrogen) atoms. The smallest absolute Gasteiger partial charge is 0.328 e. The van der Waals surface area contributed by atoms with Crippen LogP contribution in [0.4, 0.5) is 0 Å². The van der Waals surface area contributed by atoms with Crippen LogP contribution >= 0.6 is 15.9 Å². The van der Waals surface area contributed by atoms with Crippen LogP contribution in [0.25, 0.3) is 0 Å². The first-order valence-electron chi connectivity index (χ1n) is 6.36. The molecule has 3 rings (SSSR count). The summed E-state index contributed by atoms with van der Waals surface area (Å²) < 4.78 is 7.18. The molecule has 2 aromatic rings. The number of H-pyrrole nitrogens is 1. The zero-order chi connectivity index (χ0) is 14.1. The first-order valence-corrected chi connectivity index (χ1v) is 7.16. The van der Waals surface area contributed by atoms with Gasteiger partial charge in [-0.25, -0.2) is 4.79 Å². The van der Waals surface area contributed by atoms with E-state index < -0.39 is 0 Å². The molecule has 0 amide bonds. The molecule has 1 aliphatic rings. The van der Waals surface area contributed by atoms with Gasteiger partial charge in [0.05, 0.1) is 11.1 Å². The van der Waals surface area contributed by atoms with Gasteiger partial charge in [-0.15, -0.1) is 0 Å². The number of nitrogens with one attached hydrogen (secondary N) is 1. The average molecular weight is 337 g/mol. The largest absolute Gasteiger partial charge is 0.493 e. The van der Waals surface area contributed by atoms with E-state index in [4.69, 9.17) is 4.74 Å². The first kappa shape index (κ1) is 13.2. The Balaban J connectivity index is 2.00. The Morgan fingerprint density at radius 3 is 3.00 bits per heavy atom. The monoisotopic (exact) mass is 336 g/mol. The predicted molar refractivity (Wildman–Crippen MR) is 78.3 cm³/mol. The van der Waals surface area contributed by atoms with Crippen LogP contribution in [0.5, 0.6) is 5.75 Å². The Morgan fingerprint density at radius 1 is 1.35 bits per heavy atom. The van der Waals surface area contributed by atoms with Gasteiger partial charge >= 0.3 is 5.69 Å². The molecule has 1 aromatic carbocycles. The first-order chi connectivity index (χ1) is 9.66. The van der Waals surface area contributed by atoms with Crippen LogP contribution in [0.3, 0.4) is 0 Å². The molecule has 2 heterocycles. The summed E-state index contributed by atoms with van der Waals surface area (Å²) in [6.45, 7) is 0.955. The molecule has 0 saturated heterocycles. The fraction of sp³-hybridized carbons (Fsp3) is 0.286. The Kier molecular flexibility index (Phi) is 3.48. The third kappa shape index (κ3) is 2.31. The molecule has 0 aliphatic carbocycles. The van der Waals surface area contributed by atoms with Gasteiger partial charge in [-0.3, -0.25) is 9.36 Å². The highest BCUT2D eigenvalue weighted by atomic mass is 79.9. The minimum atomic E-state index is -0.387. The number of rotatable bonds is 2. The Bertz CT molecular complexity index is 751. The van der Waals surface area contributed by atoms with E-state index in [1.807, 2.05) is 24.3 Å². The van der Waals surface area contributed by atoms with Crippen molar-refractivity contribution >= 4 is 15.9 Å². The van der Waals surface area contributed by atoms with E-state index in [9.17, 15) is 9.59 Å². The topological polar surface area (TPSA) is 64.1 Å². The van der Waals surface area contributed by atoms with Gasteiger partial charge in [0.1, 0.15) is 5.75 Å². The molecule has 0 fully saturated rings. The molecule has 1 aliphatic heterocycles. The molecule has 0 radical (unpaired) electrons. The number of hydrogen-bond donors (Lipinski definition) is 1. The lowest BCUT2D eigenvalue weighted by molar-refractivity contribution is 0.257. The maximum atomic E-state index is 12.0. The number of halogens is 1. The van der Waals surface area contributed by atoms with Gasteiger partial charge in [0.15, 0.2) is 0 Å². The van der Waals surface area contributed by atoms with Gasteiger partial charge in [-0.2, -0.15) is 0 Å². The molecule has 5 nitrogen and oxygen atoms in total. The second-order valence-corrected chi connectivity index (χ2v) is 5.58. The van der Waals surface area contributed by atoms with E-state index in [1.54, 1.807) is 0 Å². The van der Waals surface area contributed by atoms with Crippen molar-refractivity contribution in [2.45, 2.75) is 18.9 Å². The van der Waals surface area contributed by atoms with Crippen LogP contribution in [-0.2, 0) is 6.54 Å². The van der Waals surface area contributed by atoms with Crippen LogP contribution in [0.2, 0.25) is 0 Å². The quantitative estimate of drug-likeness (QED) is 0.910. The summed E-state index contributed by atoms with van der Waals surface area (Å²) in [5, 5.41) is 0. The highest BCUT2D eigenvalue weighted by Crippen LogP contribution is 2.33. The number of benzene rings is 1. The summed E-state index contributed by atoms with van der Waals surface area (Å²) in [4.78, 5) is 26.4. The molecule has 6 heteroatoms. The van der Waals surface area contributed by atoms with Crippen molar-refractivity contribution in [1.82, 2.24) is 9.55 Å². The standard InChI is InChI=1S/C14H13BrN2O3/c15-11-7-16-14(19)17(13(11)18)8-9-5-6-20-12-4-2-1-3-10(9)12/h1-4,7,9H,5-6,8H2,(H,16,19). The van der Waals surface area contributed by atoms with Crippen LogP contribution in [-0.4, -0.2) is 16.2 Å². The van der Waals surface area contributed by atoms with E-state index in [0.717, 1.165) is 17.7 Å². The number of aromatic nitrogens is 2. The van der Waals surface area contributed by atoms with E-state index in [-0.39, 0.29) is 17.2 Å². The predicted octanol–water partition coefficient (Wildman–Crippen LogP) is 1.87. The summed E-state index contributed by atoms with van der Waals surface area (Å²) in [5.41, 5.74) is 0.352. The third-order valence-electron chi connectivity index (χ3n) is 3.50. The number of aromatic amines is 1. The van der Waals surface area contributed by atoms with Crippen molar-refractivity contribution in [3.8, 4) is 5.75 Å². The second-order valence-electron chi connectivity index (χ2n) is 4.73. The number of ether oxygens (including phenoxy) is 1. The molecule has 1 atom stereocenters. The lowest BCUT2D eigenvalue weighted by Crippen LogP contribution is -2.37. The van der Waals surface area contributed by atoms with Crippen LogP contribution in [0.15, 0.2) is 44.5 Å². The maximum Gasteiger partial charge on any atom is 0.328 e. The van der Waals surface area contributed by atoms with Crippen molar-refractivity contribution in [3.05, 3.63) is 61.3 Å². The van der Waals surface area contributed by atoms with E-state index in [1.165, 1.54) is 10.8 Å². The second kappa shape index (κ2) is 5.28. The molecular weight excluding hydrogens is 324 g/mol. The SMILES string of the molecule is O=c1[nH]cc(Br)c(=O)n1CC1CCOc2ccccc21. The molecule has 104 valence electrons. The zero-order valence-corrected chi connectivity index (χ0v) is 12.2. The van der Waals surface area contributed by atoms with Crippen LogP contribution in [0, 0.1) is 0 Å². The zero-order valence-electron chi connectivity index (χ0n) is 10.6. The lowest BCUT2D eigenvalue weighted by Gasteiger charge is -2.26. The molecule has 1 N–H and O–H groups in total. The van der Waals surface area contributed by atoms with Gasteiger partial charge < -0.3 is 9.72 Å². The Labute approximate surface area is 123 Å². The fourth-order valence-corrected chi connectivity index (χ4v) is 2.81. The van der Waals surface area contributed by atoms with Gasteiger partial charge in [0, 0.05) is 18.7 Å². The summed E-state index contributed by atoms with van der Waals surface area (Å²) in [5.74, 6) is 0.941. The summed E-state index contributed by atoms with van der Waals surface area (Å²) >= 11 is 3.15. The van der Waals surface area contributed by atoms with E-state index in [2.05, 4.69) is 20.9 Å². The Morgan fingerprint density at radius 2 is 2.15 bits per heavy atom. The van der Waals surface area contributed by atoms with Gasteiger partial charge in [-0.05, 0) is 34.0 Å². The third-order valence-corrected chi connectivity index (χ3v) is 4.07. The number of fused-ring (bicyclic) bond motifs is 1. The minimum absolute atomic E-state index is 0.105. The molecule has 0 spiro atoms. The van der Waals surface area contributed by atoms with Gasteiger partial charge in [0.25, 0.3) is 5.56 Å². The minimum Gasteiger partial charge on any atom is -0.493 e. The van der Waals surface area contributed by atoms with Crippen molar-refractivity contribution in [2.24, 2.45) is 0 Å².